The minimum absolute atomic E-state index is 0.570. The van der Waals surface area contributed by atoms with Crippen molar-refractivity contribution < 1.29 is 13.2 Å². The number of rotatable bonds is 7. The van der Waals surface area contributed by atoms with E-state index in [1.807, 2.05) is 12.1 Å². The molecule has 4 heteroatoms. The van der Waals surface area contributed by atoms with Crippen molar-refractivity contribution in [3.8, 4) is 0 Å². The van der Waals surface area contributed by atoms with Crippen LogP contribution < -0.4 is 5.32 Å². The fraction of sp³-hybridized carbons (Fsp3) is 0.273. The lowest BCUT2D eigenvalue weighted by molar-refractivity contribution is -0.137. The number of nitrogens with one attached hydrogen (secondary N) is 1. The van der Waals surface area contributed by atoms with Gasteiger partial charge in [0.15, 0.2) is 0 Å². The Morgan fingerprint density at radius 1 is 0.769 bits per heavy atom. The molecule has 0 fully saturated rings. The Labute approximate surface area is 151 Å². The summed E-state index contributed by atoms with van der Waals surface area (Å²) in [6.07, 6.45) is -1.88. The lowest BCUT2D eigenvalue weighted by atomic mass is 10.0. The highest BCUT2D eigenvalue weighted by Gasteiger charge is 2.30. The van der Waals surface area contributed by atoms with E-state index in [2.05, 4.69) is 35.6 Å². The van der Waals surface area contributed by atoms with Crippen LogP contribution in [0.15, 0.2) is 66.7 Å². The molecule has 3 aromatic rings. The smallest absolute Gasteiger partial charge is 0.316 e. The molecule has 0 radical (unpaired) electrons. The second-order valence-electron chi connectivity index (χ2n) is 6.44. The molecule has 0 aliphatic heterocycles. The van der Waals surface area contributed by atoms with Crippen molar-refractivity contribution in [2.75, 3.05) is 13.1 Å². The molecule has 0 saturated carbocycles. The number of halogens is 3. The zero-order valence-corrected chi connectivity index (χ0v) is 14.5. The fourth-order valence-corrected chi connectivity index (χ4v) is 3.18. The van der Waals surface area contributed by atoms with Gasteiger partial charge in [-0.1, -0.05) is 60.7 Å². The number of hydrogen-bond acceptors (Lipinski definition) is 1. The number of aryl methyl sites for hydroxylation is 1. The molecule has 0 amide bonds. The average molecular weight is 357 g/mol. The van der Waals surface area contributed by atoms with Gasteiger partial charge >= 0.3 is 6.18 Å². The van der Waals surface area contributed by atoms with Gasteiger partial charge in [0, 0.05) is 0 Å². The highest BCUT2D eigenvalue weighted by molar-refractivity contribution is 5.85. The van der Waals surface area contributed by atoms with Crippen LogP contribution in [0.4, 0.5) is 13.2 Å². The summed E-state index contributed by atoms with van der Waals surface area (Å²) >= 11 is 0. The van der Waals surface area contributed by atoms with Crippen molar-refractivity contribution >= 4 is 10.8 Å². The maximum Gasteiger partial charge on any atom is 0.416 e. The first kappa shape index (κ1) is 18.5. The summed E-state index contributed by atoms with van der Waals surface area (Å²) < 4.78 is 38.1. The topological polar surface area (TPSA) is 12.0 Å². The van der Waals surface area contributed by atoms with Gasteiger partial charge in [-0.2, -0.15) is 13.2 Å². The highest BCUT2D eigenvalue weighted by atomic mass is 19.4. The Hall–Kier alpha value is -2.33. The van der Waals surface area contributed by atoms with Gasteiger partial charge < -0.3 is 5.32 Å². The summed E-state index contributed by atoms with van der Waals surface area (Å²) in [7, 11) is 0. The van der Waals surface area contributed by atoms with Crippen LogP contribution in [0.5, 0.6) is 0 Å². The van der Waals surface area contributed by atoms with E-state index in [4.69, 9.17) is 0 Å². The normalized spacial score (nSPS) is 11.8. The summed E-state index contributed by atoms with van der Waals surface area (Å²) in [5, 5.41) is 5.91. The van der Waals surface area contributed by atoms with Gasteiger partial charge in [0.25, 0.3) is 0 Å². The van der Waals surface area contributed by atoms with E-state index in [-0.39, 0.29) is 0 Å². The van der Waals surface area contributed by atoms with Crippen LogP contribution in [0.1, 0.15) is 23.1 Å². The van der Waals surface area contributed by atoms with E-state index in [0.29, 0.717) is 6.42 Å². The molecule has 136 valence electrons. The van der Waals surface area contributed by atoms with Crippen molar-refractivity contribution in [3.05, 3.63) is 83.4 Å². The van der Waals surface area contributed by atoms with Crippen LogP contribution in [0.3, 0.4) is 0 Å². The molecule has 0 saturated heterocycles. The summed E-state index contributed by atoms with van der Waals surface area (Å²) in [5.74, 6) is 0. The van der Waals surface area contributed by atoms with Crippen molar-refractivity contribution in [2.45, 2.75) is 25.4 Å². The van der Waals surface area contributed by atoms with E-state index >= 15 is 0 Å². The van der Waals surface area contributed by atoms with Gasteiger partial charge in [0.2, 0.25) is 0 Å². The van der Waals surface area contributed by atoms with E-state index in [1.165, 1.54) is 28.5 Å². The molecule has 3 rings (SSSR count). The average Bonchev–Trinajstić information content (AvgIpc) is 2.64. The molecule has 0 bridgehead atoms. The molecule has 0 aliphatic carbocycles. The monoisotopic (exact) mass is 357 g/mol. The van der Waals surface area contributed by atoms with Crippen LogP contribution in [0.2, 0.25) is 0 Å². The molecule has 26 heavy (non-hydrogen) atoms. The van der Waals surface area contributed by atoms with Crippen molar-refractivity contribution in [1.29, 1.82) is 0 Å². The lowest BCUT2D eigenvalue weighted by Gasteiger charge is -2.10. The van der Waals surface area contributed by atoms with Crippen molar-refractivity contribution in [2.24, 2.45) is 0 Å². The lowest BCUT2D eigenvalue weighted by Crippen LogP contribution is -2.19. The largest absolute Gasteiger partial charge is 0.416 e. The molecule has 0 aromatic heterocycles. The molecule has 0 unspecified atom stereocenters. The first-order valence-electron chi connectivity index (χ1n) is 8.87. The Morgan fingerprint density at radius 3 is 2.38 bits per heavy atom. The quantitative estimate of drug-likeness (QED) is 0.541. The van der Waals surface area contributed by atoms with Gasteiger partial charge in [-0.3, -0.25) is 0 Å². The molecular formula is C22H22F3N. The van der Waals surface area contributed by atoms with Crippen LogP contribution in [-0.4, -0.2) is 13.1 Å². The van der Waals surface area contributed by atoms with E-state index in [0.717, 1.165) is 37.6 Å². The predicted molar refractivity (Wildman–Crippen MR) is 100 cm³/mol. The number of hydrogen-bond donors (Lipinski definition) is 1. The molecule has 0 heterocycles. The minimum Gasteiger partial charge on any atom is -0.316 e. The molecule has 1 N–H and O–H groups in total. The third-order valence-electron chi connectivity index (χ3n) is 4.52. The van der Waals surface area contributed by atoms with E-state index in [9.17, 15) is 13.2 Å². The first-order valence-corrected chi connectivity index (χ1v) is 8.87. The van der Waals surface area contributed by atoms with Gasteiger partial charge in [-0.05, 0) is 60.3 Å². The molecular weight excluding hydrogens is 335 g/mol. The molecule has 1 nitrogen and oxygen atoms in total. The van der Waals surface area contributed by atoms with Crippen LogP contribution >= 0.6 is 0 Å². The van der Waals surface area contributed by atoms with Crippen LogP contribution in [0.25, 0.3) is 10.8 Å². The SMILES string of the molecule is FC(F)(F)c1cccc(CCCNCCc2cccc3ccccc23)c1. The van der Waals surface area contributed by atoms with Crippen LogP contribution in [0, 0.1) is 0 Å². The second-order valence-corrected chi connectivity index (χ2v) is 6.44. The summed E-state index contributed by atoms with van der Waals surface area (Å²) in [6.45, 7) is 1.65. The van der Waals surface area contributed by atoms with Crippen molar-refractivity contribution in [3.63, 3.8) is 0 Å². The van der Waals surface area contributed by atoms with Crippen molar-refractivity contribution in [1.82, 2.24) is 5.32 Å². The molecule has 0 spiro atoms. The molecule has 3 aromatic carbocycles. The Balaban J connectivity index is 1.44. The zero-order chi connectivity index (χ0) is 18.4. The zero-order valence-electron chi connectivity index (χ0n) is 14.5. The Kier molecular flexibility index (Phi) is 5.94. The number of alkyl halides is 3. The Morgan fingerprint density at radius 2 is 1.54 bits per heavy atom. The van der Waals surface area contributed by atoms with Gasteiger partial charge in [0.1, 0.15) is 0 Å². The summed E-state index contributed by atoms with van der Waals surface area (Å²) in [4.78, 5) is 0. The number of fused-ring (bicyclic) bond motifs is 1. The third-order valence-corrected chi connectivity index (χ3v) is 4.52. The molecule has 0 atom stereocenters. The summed E-state index contributed by atoms with van der Waals surface area (Å²) in [6, 6.07) is 20.3. The Bertz CT molecular complexity index is 850. The first-order chi connectivity index (χ1) is 12.5. The maximum atomic E-state index is 12.7. The standard InChI is InChI=1S/C22H22F3N/c23-22(24,25)20-11-3-6-17(16-20)7-5-14-26-15-13-19-10-4-9-18-8-1-2-12-21(18)19/h1-4,6,8-12,16,26H,5,7,13-15H2. The number of benzene rings is 3. The highest BCUT2D eigenvalue weighted by Crippen LogP contribution is 2.29. The van der Waals surface area contributed by atoms with Gasteiger partial charge in [0.05, 0.1) is 5.56 Å². The predicted octanol–water partition coefficient (Wildman–Crippen LogP) is 5.62. The van der Waals surface area contributed by atoms with E-state index in [1.54, 1.807) is 6.07 Å². The second kappa shape index (κ2) is 8.37. The summed E-state index contributed by atoms with van der Waals surface area (Å²) in [5.41, 5.74) is 1.48. The van der Waals surface area contributed by atoms with E-state index < -0.39 is 11.7 Å². The van der Waals surface area contributed by atoms with Gasteiger partial charge in [-0.15, -0.1) is 0 Å². The molecule has 0 aliphatic rings. The maximum absolute atomic E-state index is 12.7. The van der Waals surface area contributed by atoms with Crippen LogP contribution in [-0.2, 0) is 19.0 Å². The third kappa shape index (κ3) is 4.85. The van der Waals surface area contributed by atoms with Gasteiger partial charge in [-0.25, -0.2) is 0 Å². The minimum atomic E-state index is -4.27. The fourth-order valence-electron chi connectivity index (χ4n) is 3.18.